The molecule has 24 heavy (non-hydrogen) atoms. The minimum Gasteiger partial charge on any atom is -0.507 e. The summed E-state index contributed by atoms with van der Waals surface area (Å²) < 4.78 is 19.1. The highest BCUT2D eigenvalue weighted by Gasteiger charge is 2.21. The SMILES string of the molecule is CC(=O)OCc1cc(O)c(C(O)c2ccc(C(C)C)cc2)c(F)c1. The summed E-state index contributed by atoms with van der Waals surface area (Å²) in [7, 11) is 0. The number of aromatic hydroxyl groups is 1. The Morgan fingerprint density at radius 2 is 1.75 bits per heavy atom. The van der Waals surface area contributed by atoms with Gasteiger partial charge in [0.2, 0.25) is 0 Å². The lowest BCUT2D eigenvalue weighted by molar-refractivity contribution is -0.142. The Hall–Kier alpha value is -2.40. The van der Waals surface area contributed by atoms with Crippen molar-refractivity contribution < 1.29 is 24.1 Å². The molecule has 0 saturated carbocycles. The molecule has 2 N–H and O–H groups in total. The fourth-order valence-electron chi connectivity index (χ4n) is 2.43. The number of phenols is 1. The molecule has 1 atom stereocenters. The van der Waals surface area contributed by atoms with Gasteiger partial charge in [-0.1, -0.05) is 38.1 Å². The molecule has 2 rings (SSSR count). The van der Waals surface area contributed by atoms with E-state index in [1.807, 2.05) is 12.1 Å². The molecule has 0 spiro atoms. The predicted octanol–water partition coefficient (Wildman–Crippen LogP) is 3.80. The van der Waals surface area contributed by atoms with E-state index in [0.717, 1.165) is 11.6 Å². The number of phenolic OH excluding ortho intramolecular Hbond substituents is 1. The van der Waals surface area contributed by atoms with Crippen LogP contribution in [0, 0.1) is 5.82 Å². The van der Waals surface area contributed by atoms with Crippen LogP contribution in [0.15, 0.2) is 36.4 Å². The van der Waals surface area contributed by atoms with Crippen molar-refractivity contribution in [1.29, 1.82) is 0 Å². The fourth-order valence-corrected chi connectivity index (χ4v) is 2.43. The van der Waals surface area contributed by atoms with Crippen LogP contribution < -0.4 is 0 Å². The number of esters is 1. The van der Waals surface area contributed by atoms with Crippen molar-refractivity contribution in [3.8, 4) is 5.75 Å². The summed E-state index contributed by atoms with van der Waals surface area (Å²) >= 11 is 0. The van der Waals surface area contributed by atoms with Crippen molar-refractivity contribution in [2.24, 2.45) is 0 Å². The molecule has 0 saturated heterocycles. The first kappa shape index (κ1) is 17.9. The quantitative estimate of drug-likeness (QED) is 0.817. The second kappa shape index (κ2) is 7.45. The monoisotopic (exact) mass is 332 g/mol. The van der Waals surface area contributed by atoms with Gasteiger partial charge in [0.25, 0.3) is 0 Å². The van der Waals surface area contributed by atoms with Crippen molar-refractivity contribution in [2.45, 2.75) is 39.4 Å². The topological polar surface area (TPSA) is 66.8 Å². The third-order valence-corrected chi connectivity index (χ3v) is 3.80. The molecule has 5 heteroatoms. The standard InChI is InChI=1S/C19H21FO4/c1-11(2)14-4-6-15(7-5-14)19(23)18-16(20)8-13(9-17(18)22)10-24-12(3)21/h4-9,11,19,22-23H,10H2,1-3H3. The van der Waals surface area contributed by atoms with Crippen molar-refractivity contribution in [3.05, 3.63) is 64.5 Å². The first-order valence-corrected chi connectivity index (χ1v) is 7.72. The number of benzene rings is 2. The lowest BCUT2D eigenvalue weighted by Crippen LogP contribution is -2.06. The van der Waals surface area contributed by atoms with E-state index < -0.39 is 17.9 Å². The number of carbonyl (C=O) groups is 1. The predicted molar refractivity (Wildman–Crippen MR) is 88.1 cm³/mol. The minimum atomic E-state index is -1.28. The molecule has 0 amide bonds. The molecule has 2 aromatic carbocycles. The van der Waals surface area contributed by atoms with Crippen molar-refractivity contribution in [2.75, 3.05) is 0 Å². The van der Waals surface area contributed by atoms with Gasteiger partial charge in [0.15, 0.2) is 0 Å². The number of ether oxygens (including phenoxy) is 1. The largest absolute Gasteiger partial charge is 0.507 e. The molecule has 0 radical (unpaired) electrons. The maximum absolute atomic E-state index is 14.3. The molecule has 1 unspecified atom stereocenters. The highest BCUT2D eigenvalue weighted by atomic mass is 19.1. The molecule has 0 fully saturated rings. The van der Waals surface area contributed by atoms with Crippen LogP contribution in [-0.4, -0.2) is 16.2 Å². The smallest absolute Gasteiger partial charge is 0.302 e. The van der Waals surface area contributed by atoms with Gasteiger partial charge in [-0.15, -0.1) is 0 Å². The third-order valence-electron chi connectivity index (χ3n) is 3.80. The molecule has 0 aliphatic heterocycles. The van der Waals surface area contributed by atoms with Gasteiger partial charge in [-0.25, -0.2) is 4.39 Å². The van der Waals surface area contributed by atoms with Crippen LogP contribution in [-0.2, 0) is 16.1 Å². The van der Waals surface area contributed by atoms with E-state index in [1.165, 1.54) is 13.0 Å². The van der Waals surface area contributed by atoms with Crippen LogP contribution in [0.2, 0.25) is 0 Å². The van der Waals surface area contributed by atoms with E-state index in [0.29, 0.717) is 17.0 Å². The number of aliphatic hydroxyl groups is 1. The Kier molecular flexibility index (Phi) is 5.57. The van der Waals surface area contributed by atoms with Gasteiger partial charge in [0, 0.05) is 6.92 Å². The first-order valence-electron chi connectivity index (χ1n) is 7.72. The number of carbonyl (C=O) groups excluding carboxylic acids is 1. The lowest BCUT2D eigenvalue weighted by Gasteiger charge is -2.16. The van der Waals surface area contributed by atoms with E-state index in [9.17, 15) is 19.4 Å². The summed E-state index contributed by atoms with van der Waals surface area (Å²) in [6.45, 7) is 5.21. The number of aliphatic hydroxyl groups excluding tert-OH is 1. The maximum Gasteiger partial charge on any atom is 0.302 e. The summed E-state index contributed by atoms with van der Waals surface area (Å²) in [6, 6.07) is 9.59. The maximum atomic E-state index is 14.3. The van der Waals surface area contributed by atoms with E-state index in [1.54, 1.807) is 12.1 Å². The van der Waals surface area contributed by atoms with E-state index in [-0.39, 0.29) is 17.9 Å². The highest BCUT2D eigenvalue weighted by Crippen LogP contribution is 2.33. The molecular formula is C19H21FO4. The summed E-state index contributed by atoms with van der Waals surface area (Å²) in [5.74, 6) is -1.28. The van der Waals surface area contributed by atoms with Crippen LogP contribution in [0.1, 0.15) is 55.0 Å². The average molecular weight is 332 g/mol. The minimum absolute atomic E-state index is 0.140. The second-order valence-corrected chi connectivity index (χ2v) is 6.01. The summed E-state index contributed by atoms with van der Waals surface area (Å²) in [5.41, 5.74) is 1.71. The van der Waals surface area contributed by atoms with Gasteiger partial charge in [-0.3, -0.25) is 4.79 Å². The molecule has 0 aliphatic carbocycles. The van der Waals surface area contributed by atoms with Crippen molar-refractivity contribution in [3.63, 3.8) is 0 Å². The molecule has 0 aromatic heterocycles. The highest BCUT2D eigenvalue weighted by molar-refractivity contribution is 5.66. The Morgan fingerprint density at radius 1 is 1.17 bits per heavy atom. The summed E-state index contributed by atoms with van der Waals surface area (Å²) in [5, 5.41) is 20.5. The van der Waals surface area contributed by atoms with E-state index in [2.05, 4.69) is 13.8 Å². The van der Waals surface area contributed by atoms with E-state index >= 15 is 0 Å². The van der Waals surface area contributed by atoms with Gasteiger partial charge in [0.05, 0.1) is 5.56 Å². The zero-order valence-electron chi connectivity index (χ0n) is 13.9. The van der Waals surface area contributed by atoms with E-state index in [4.69, 9.17) is 4.74 Å². The van der Waals surface area contributed by atoms with Crippen molar-refractivity contribution >= 4 is 5.97 Å². The normalized spacial score (nSPS) is 12.2. The van der Waals surface area contributed by atoms with Gasteiger partial charge in [-0.2, -0.15) is 0 Å². The van der Waals surface area contributed by atoms with Gasteiger partial charge < -0.3 is 14.9 Å². The zero-order chi connectivity index (χ0) is 17.9. The van der Waals surface area contributed by atoms with Crippen molar-refractivity contribution in [1.82, 2.24) is 0 Å². The molecule has 2 aromatic rings. The number of hydrogen-bond donors (Lipinski definition) is 2. The molecule has 0 bridgehead atoms. The summed E-state index contributed by atoms with van der Waals surface area (Å²) in [6.07, 6.45) is -1.28. The van der Waals surface area contributed by atoms with Crippen LogP contribution in [0.5, 0.6) is 5.75 Å². The fraction of sp³-hybridized carbons (Fsp3) is 0.316. The van der Waals surface area contributed by atoms with Crippen LogP contribution >= 0.6 is 0 Å². The Morgan fingerprint density at radius 3 is 2.25 bits per heavy atom. The Balaban J connectivity index is 2.28. The zero-order valence-corrected chi connectivity index (χ0v) is 13.9. The Labute approximate surface area is 140 Å². The van der Waals surface area contributed by atoms with Crippen LogP contribution in [0.3, 0.4) is 0 Å². The molecule has 128 valence electrons. The second-order valence-electron chi connectivity index (χ2n) is 6.01. The van der Waals surface area contributed by atoms with Crippen LogP contribution in [0.25, 0.3) is 0 Å². The molecule has 0 aliphatic rings. The summed E-state index contributed by atoms with van der Waals surface area (Å²) in [4.78, 5) is 10.8. The van der Waals surface area contributed by atoms with Gasteiger partial charge in [-0.05, 0) is 34.7 Å². The molecular weight excluding hydrogens is 311 g/mol. The number of hydrogen-bond acceptors (Lipinski definition) is 4. The first-order chi connectivity index (χ1) is 11.3. The number of rotatable bonds is 5. The lowest BCUT2D eigenvalue weighted by atomic mass is 9.95. The van der Waals surface area contributed by atoms with Gasteiger partial charge in [0.1, 0.15) is 24.3 Å². The van der Waals surface area contributed by atoms with Gasteiger partial charge >= 0.3 is 5.97 Å². The number of halogens is 1. The average Bonchev–Trinajstić information content (AvgIpc) is 2.52. The molecule has 0 heterocycles. The molecule has 4 nitrogen and oxygen atoms in total. The van der Waals surface area contributed by atoms with Crippen LogP contribution in [0.4, 0.5) is 4.39 Å². The Bertz CT molecular complexity index is 700. The third kappa shape index (κ3) is 4.11.